The molecule has 3 amide bonds. The summed E-state index contributed by atoms with van der Waals surface area (Å²) >= 11 is 0. The van der Waals surface area contributed by atoms with Gasteiger partial charge in [-0.2, -0.15) is 0 Å². The Bertz CT molecular complexity index is 1130. The number of hydrogen-bond acceptors (Lipinski definition) is 5. The summed E-state index contributed by atoms with van der Waals surface area (Å²) in [6, 6.07) is 7.93. The maximum absolute atomic E-state index is 14.5. The molecular weight excluding hydrogens is 470 g/mol. The molecule has 6 atom stereocenters. The highest BCUT2D eigenvalue weighted by molar-refractivity contribution is 6.00. The van der Waals surface area contributed by atoms with E-state index in [1.165, 1.54) is 0 Å². The number of aliphatic hydroxyl groups excluding tert-OH is 1. The maximum atomic E-state index is 14.5. The maximum Gasteiger partial charge on any atom is 0.249 e. The van der Waals surface area contributed by atoms with E-state index < -0.39 is 35.1 Å². The number of likely N-dealkylation sites (tertiary alicyclic amines) is 1. The first-order valence-electron chi connectivity index (χ1n) is 13.3. The number of nitrogens with zero attached hydrogens (tertiary/aromatic N) is 3. The fraction of sp³-hybridized carbons (Fsp3) is 0.552. The number of benzene rings is 1. The van der Waals surface area contributed by atoms with Crippen LogP contribution in [0.25, 0.3) is 0 Å². The number of carbonyl (C=O) groups is 3. The summed E-state index contributed by atoms with van der Waals surface area (Å²) in [6.45, 7) is 6.37. The van der Waals surface area contributed by atoms with E-state index in [4.69, 9.17) is 4.74 Å². The number of ether oxygens (including phenoxy) is 1. The van der Waals surface area contributed by atoms with Crippen LogP contribution in [-0.4, -0.2) is 93.6 Å². The van der Waals surface area contributed by atoms with Crippen molar-refractivity contribution < 1.29 is 24.2 Å². The third-order valence-electron chi connectivity index (χ3n) is 8.65. The standard InChI is InChI=1S/C29H37N3O5/c1-5-28-13-9-15-30(4)25(34)22(28)23-26(35)32(21(18-33)17-20-11-7-6-8-12-20)24-27(36)31(19(2)3)16-10-14-29(23,24)37-28/h6-14,19,21-24,33H,5,15-18H2,1-4H3/t21-,22+,23+,24?,28-,29+/m1/s1. The zero-order valence-electron chi connectivity index (χ0n) is 22.0. The first-order valence-corrected chi connectivity index (χ1v) is 13.3. The van der Waals surface area contributed by atoms with Crippen molar-refractivity contribution in [3.63, 3.8) is 0 Å². The van der Waals surface area contributed by atoms with Gasteiger partial charge in [0.1, 0.15) is 11.6 Å². The molecule has 2 fully saturated rings. The minimum Gasteiger partial charge on any atom is -0.394 e. The van der Waals surface area contributed by atoms with Gasteiger partial charge in [-0.1, -0.05) is 61.6 Å². The lowest BCUT2D eigenvalue weighted by molar-refractivity contribution is -0.157. The van der Waals surface area contributed by atoms with Crippen molar-refractivity contribution in [2.45, 2.75) is 62.9 Å². The highest BCUT2D eigenvalue weighted by atomic mass is 16.5. The molecule has 2 saturated heterocycles. The molecule has 198 valence electrons. The minimum absolute atomic E-state index is 0.0929. The van der Waals surface area contributed by atoms with Gasteiger partial charge in [0.25, 0.3) is 0 Å². The Morgan fingerprint density at radius 2 is 1.70 bits per heavy atom. The number of fused-ring (bicyclic) bond motifs is 2. The predicted octanol–water partition coefficient (Wildman–Crippen LogP) is 1.79. The molecular formula is C29H37N3O5. The molecule has 0 bridgehead atoms. The zero-order chi connectivity index (χ0) is 26.5. The Kier molecular flexibility index (Phi) is 6.52. The van der Waals surface area contributed by atoms with Gasteiger partial charge >= 0.3 is 0 Å². The average Bonchev–Trinajstić information content (AvgIpc) is 3.19. The van der Waals surface area contributed by atoms with Crippen LogP contribution in [0.15, 0.2) is 54.6 Å². The first-order chi connectivity index (χ1) is 17.7. The molecule has 1 N–H and O–H groups in total. The van der Waals surface area contributed by atoms with E-state index in [1.54, 1.807) is 21.7 Å². The third kappa shape index (κ3) is 3.76. The number of rotatable bonds is 6. The average molecular weight is 508 g/mol. The molecule has 8 nitrogen and oxygen atoms in total. The number of hydrogen-bond donors (Lipinski definition) is 1. The number of amides is 3. The van der Waals surface area contributed by atoms with Crippen molar-refractivity contribution in [1.82, 2.24) is 14.7 Å². The Morgan fingerprint density at radius 1 is 1.00 bits per heavy atom. The predicted molar refractivity (Wildman–Crippen MR) is 138 cm³/mol. The Morgan fingerprint density at radius 3 is 2.35 bits per heavy atom. The molecule has 1 aromatic carbocycles. The molecule has 1 spiro atoms. The van der Waals surface area contributed by atoms with E-state index in [2.05, 4.69) is 0 Å². The van der Waals surface area contributed by atoms with Crippen molar-refractivity contribution in [2.24, 2.45) is 11.8 Å². The fourth-order valence-corrected chi connectivity index (χ4v) is 6.83. The minimum atomic E-state index is -1.30. The SMILES string of the molecule is CC[C@@]12C=CCN(C)C(=O)[C@@H]1[C@H]1C(=O)N([C@@H](CO)Cc3ccccc3)C3C(=O)N(C(C)C)CC=C[C@@]31O2. The number of likely N-dealkylation sites (N-methyl/N-ethyl adjacent to an activating group) is 1. The highest BCUT2D eigenvalue weighted by Gasteiger charge is 2.75. The van der Waals surface area contributed by atoms with Crippen LogP contribution in [0.5, 0.6) is 0 Å². The Hall–Kier alpha value is -2.97. The summed E-state index contributed by atoms with van der Waals surface area (Å²) in [5.41, 5.74) is -1.34. The molecule has 1 aromatic rings. The molecule has 0 aromatic heterocycles. The van der Waals surface area contributed by atoms with Gasteiger partial charge in [-0.3, -0.25) is 14.4 Å². The molecule has 0 aliphatic carbocycles. The van der Waals surface area contributed by atoms with Gasteiger partial charge in [0, 0.05) is 26.2 Å². The van der Waals surface area contributed by atoms with E-state index in [0.717, 1.165) is 5.56 Å². The first kappa shape index (κ1) is 25.7. The second kappa shape index (κ2) is 9.40. The van der Waals surface area contributed by atoms with Gasteiger partial charge in [0.15, 0.2) is 0 Å². The van der Waals surface area contributed by atoms with Gasteiger partial charge in [-0.15, -0.1) is 0 Å². The van der Waals surface area contributed by atoms with Crippen molar-refractivity contribution in [3.05, 3.63) is 60.2 Å². The molecule has 4 aliphatic rings. The summed E-state index contributed by atoms with van der Waals surface area (Å²) in [5.74, 6) is -2.31. The summed E-state index contributed by atoms with van der Waals surface area (Å²) in [4.78, 5) is 47.5. The van der Waals surface area contributed by atoms with Crippen molar-refractivity contribution in [2.75, 3.05) is 26.7 Å². The number of aliphatic hydroxyl groups is 1. The molecule has 0 radical (unpaired) electrons. The van der Waals surface area contributed by atoms with E-state index in [-0.39, 0.29) is 30.4 Å². The molecule has 1 unspecified atom stereocenters. The van der Waals surface area contributed by atoms with E-state index in [9.17, 15) is 19.5 Å². The summed E-state index contributed by atoms with van der Waals surface area (Å²) in [6.07, 6.45) is 8.50. The van der Waals surface area contributed by atoms with Crippen LogP contribution in [0.2, 0.25) is 0 Å². The van der Waals surface area contributed by atoms with Crippen LogP contribution in [-0.2, 0) is 25.5 Å². The second-order valence-corrected chi connectivity index (χ2v) is 11.0. The van der Waals surface area contributed by atoms with Crippen LogP contribution in [0, 0.1) is 11.8 Å². The fourth-order valence-electron chi connectivity index (χ4n) is 6.83. The molecule has 8 heteroatoms. The lowest BCUT2D eigenvalue weighted by atomic mass is 9.73. The van der Waals surface area contributed by atoms with E-state index >= 15 is 0 Å². The quantitative estimate of drug-likeness (QED) is 0.593. The summed E-state index contributed by atoms with van der Waals surface area (Å²) in [7, 11) is 1.73. The van der Waals surface area contributed by atoms with Crippen LogP contribution >= 0.6 is 0 Å². The van der Waals surface area contributed by atoms with Gasteiger partial charge < -0.3 is 24.5 Å². The number of carbonyl (C=O) groups excluding carboxylic acids is 3. The Labute approximate surface area is 218 Å². The van der Waals surface area contributed by atoms with Gasteiger partial charge in [0.05, 0.1) is 30.1 Å². The topological polar surface area (TPSA) is 90.4 Å². The van der Waals surface area contributed by atoms with Gasteiger partial charge in [-0.05, 0) is 32.3 Å². The van der Waals surface area contributed by atoms with Gasteiger partial charge in [-0.25, -0.2) is 0 Å². The van der Waals surface area contributed by atoms with Crippen LogP contribution in [0.3, 0.4) is 0 Å². The van der Waals surface area contributed by atoms with Crippen LogP contribution in [0.1, 0.15) is 32.8 Å². The van der Waals surface area contributed by atoms with Gasteiger partial charge in [0.2, 0.25) is 17.7 Å². The summed E-state index contributed by atoms with van der Waals surface area (Å²) in [5, 5.41) is 10.6. The lowest BCUT2D eigenvalue weighted by Crippen LogP contribution is -2.60. The van der Waals surface area contributed by atoms with E-state index in [0.29, 0.717) is 25.9 Å². The molecule has 4 heterocycles. The highest BCUT2D eigenvalue weighted by Crippen LogP contribution is 2.59. The monoisotopic (exact) mass is 507 g/mol. The molecule has 4 aliphatic heterocycles. The second-order valence-electron chi connectivity index (χ2n) is 11.0. The normalized spacial score (nSPS) is 33.9. The smallest absolute Gasteiger partial charge is 0.249 e. The lowest BCUT2D eigenvalue weighted by Gasteiger charge is -2.41. The largest absolute Gasteiger partial charge is 0.394 e. The Balaban J connectivity index is 1.68. The molecule has 5 rings (SSSR count). The third-order valence-corrected chi connectivity index (χ3v) is 8.65. The summed E-state index contributed by atoms with van der Waals surface area (Å²) < 4.78 is 6.93. The van der Waals surface area contributed by atoms with Crippen molar-refractivity contribution in [1.29, 1.82) is 0 Å². The van der Waals surface area contributed by atoms with Crippen molar-refractivity contribution >= 4 is 17.7 Å². The van der Waals surface area contributed by atoms with E-state index in [1.807, 2.05) is 75.4 Å². The zero-order valence-corrected chi connectivity index (χ0v) is 22.0. The molecule has 0 saturated carbocycles. The van der Waals surface area contributed by atoms with Crippen molar-refractivity contribution in [3.8, 4) is 0 Å². The van der Waals surface area contributed by atoms with Crippen LogP contribution < -0.4 is 0 Å². The van der Waals surface area contributed by atoms with Crippen LogP contribution in [0.4, 0.5) is 0 Å². The molecule has 37 heavy (non-hydrogen) atoms.